The van der Waals surface area contributed by atoms with E-state index in [9.17, 15) is 4.79 Å². The molecule has 1 heterocycles. The topological polar surface area (TPSA) is 54.0 Å². The maximum atomic E-state index is 11.6. The first-order valence-electron chi connectivity index (χ1n) is 9.64. The Bertz CT molecular complexity index is 870. The molecule has 5 heteroatoms. The first kappa shape index (κ1) is 19.4. The second-order valence-electron chi connectivity index (χ2n) is 7.13. The molecule has 2 aromatic rings. The van der Waals surface area contributed by atoms with Gasteiger partial charge >= 0.3 is 0 Å². The molecule has 1 aliphatic heterocycles. The highest BCUT2D eigenvalue weighted by atomic mass is 16.8. The number of para-hydroxylation sites is 2. The molecule has 150 valence electrons. The number of carbonyl (C=O) groups is 1. The van der Waals surface area contributed by atoms with Gasteiger partial charge in [-0.15, -0.1) is 0 Å². The fourth-order valence-electron chi connectivity index (χ4n) is 3.84. The summed E-state index contributed by atoms with van der Waals surface area (Å²) in [5.74, 6) is 0.543. The van der Waals surface area contributed by atoms with Crippen molar-refractivity contribution in [3.8, 4) is 11.5 Å². The molecule has 0 amide bonds. The quantitative estimate of drug-likeness (QED) is 0.751. The van der Waals surface area contributed by atoms with Crippen molar-refractivity contribution in [1.82, 2.24) is 0 Å². The number of hydrogen-bond acceptors (Lipinski definition) is 5. The summed E-state index contributed by atoms with van der Waals surface area (Å²) < 4.78 is 23.7. The molecule has 2 aliphatic rings. The Kier molecular flexibility index (Phi) is 5.51. The van der Waals surface area contributed by atoms with E-state index in [0.29, 0.717) is 12.8 Å². The first-order chi connectivity index (χ1) is 14.1. The van der Waals surface area contributed by atoms with Gasteiger partial charge in [0.15, 0.2) is 5.78 Å². The van der Waals surface area contributed by atoms with Crippen LogP contribution in [0.25, 0.3) is 0 Å². The first-order valence-corrected chi connectivity index (χ1v) is 9.64. The highest BCUT2D eigenvalue weighted by Gasteiger charge is 2.45. The summed E-state index contributed by atoms with van der Waals surface area (Å²) in [4.78, 5) is 11.6. The Morgan fingerprint density at radius 1 is 0.793 bits per heavy atom. The molecule has 0 N–H and O–H groups in total. The maximum Gasteiger partial charge on any atom is 0.209 e. The molecule has 0 aromatic heterocycles. The van der Waals surface area contributed by atoms with Gasteiger partial charge in [-0.2, -0.15) is 0 Å². The smallest absolute Gasteiger partial charge is 0.209 e. The van der Waals surface area contributed by atoms with Gasteiger partial charge in [-0.1, -0.05) is 36.4 Å². The minimum atomic E-state index is -1.02. The van der Waals surface area contributed by atoms with Gasteiger partial charge in [0.25, 0.3) is 0 Å². The van der Waals surface area contributed by atoms with Crippen LogP contribution in [0.4, 0.5) is 0 Å². The van der Waals surface area contributed by atoms with Crippen molar-refractivity contribution in [3.63, 3.8) is 0 Å². The van der Waals surface area contributed by atoms with E-state index in [0.717, 1.165) is 22.6 Å². The van der Waals surface area contributed by atoms with Gasteiger partial charge < -0.3 is 18.9 Å². The molecule has 0 radical (unpaired) electrons. The molecule has 0 unspecified atom stereocenters. The minimum Gasteiger partial charge on any atom is -0.496 e. The van der Waals surface area contributed by atoms with Crippen LogP contribution in [0, 0.1) is 0 Å². The summed E-state index contributed by atoms with van der Waals surface area (Å²) in [6.07, 6.45) is 7.16. The third kappa shape index (κ3) is 4.11. The van der Waals surface area contributed by atoms with Gasteiger partial charge in [0, 0.05) is 12.8 Å². The van der Waals surface area contributed by atoms with Crippen molar-refractivity contribution in [2.45, 2.75) is 30.8 Å². The molecule has 5 nitrogen and oxygen atoms in total. The predicted octanol–water partition coefficient (Wildman–Crippen LogP) is 3.66. The van der Waals surface area contributed by atoms with Crippen LogP contribution in [-0.2, 0) is 27.1 Å². The fraction of sp³-hybridized carbons (Fsp3) is 0.292. The molecule has 2 aromatic carbocycles. The van der Waals surface area contributed by atoms with Crippen LogP contribution in [0.5, 0.6) is 11.5 Å². The lowest BCUT2D eigenvalue weighted by molar-refractivity contribution is -0.115. The summed E-state index contributed by atoms with van der Waals surface area (Å²) in [6.45, 7) is 0. The molecule has 4 rings (SSSR count). The van der Waals surface area contributed by atoms with Crippen LogP contribution < -0.4 is 9.47 Å². The van der Waals surface area contributed by atoms with Gasteiger partial charge in [0.05, 0.1) is 26.4 Å². The van der Waals surface area contributed by atoms with E-state index in [4.69, 9.17) is 18.9 Å². The molecule has 1 spiro atoms. The van der Waals surface area contributed by atoms with E-state index in [1.807, 2.05) is 48.5 Å². The number of methoxy groups -OCH3 is 2. The molecule has 29 heavy (non-hydrogen) atoms. The molecular formula is C24H24O5. The van der Waals surface area contributed by atoms with Crippen molar-refractivity contribution < 1.29 is 23.7 Å². The number of allylic oxidation sites excluding steroid dienone is 2. The molecule has 1 fully saturated rings. The Morgan fingerprint density at radius 2 is 1.24 bits per heavy atom. The molecule has 1 saturated heterocycles. The molecule has 2 atom stereocenters. The van der Waals surface area contributed by atoms with Crippen LogP contribution >= 0.6 is 0 Å². The lowest BCUT2D eigenvalue weighted by atomic mass is 9.97. The molecular weight excluding hydrogens is 368 g/mol. The third-order valence-electron chi connectivity index (χ3n) is 5.27. The van der Waals surface area contributed by atoms with E-state index in [-0.39, 0.29) is 18.0 Å². The molecule has 0 bridgehead atoms. The lowest BCUT2D eigenvalue weighted by Crippen LogP contribution is -2.28. The zero-order chi connectivity index (χ0) is 20.3. The van der Waals surface area contributed by atoms with Gasteiger partial charge in [0.1, 0.15) is 11.5 Å². The van der Waals surface area contributed by atoms with E-state index in [2.05, 4.69) is 0 Å². The van der Waals surface area contributed by atoms with Crippen LogP contribution in [0.3, 0.4) is 0 Å². The number of benzene rings is 2. The third-order valence-corrected chi connectivity index (χ3v) is 5.27. The fourth-order valence-corrected chi connectivity index (χ4v) is 3.84. The second-order valence-corrected chi connectivity index (χ2v) is 7.13. The van der Waals surface area contributed by atoms with Gasteiger partial charge in [-0.3, -0.25) is 4.79 Å². The number of carbonyl (C=O) groups excluding carboxylic acids is 1. The molecule has 1 aliphatic carbocycles. The number of ether oxygens (including phenoxy) is 4. The average Bonchev–Trinajstić information content (AvgIpc) is 3.08. The summed E-state index contributed by atoms with van der Waals surface area (Å²) in [5, 5.41) is 0. The maximum absolute atomic E-state index is 11.6. The van der Waals surface area contributed by atoms with Crippen molar-refractivity contribution in [3.05, 3.63) is 84.0 Å². The van der Waals surface area contributed by atoms with E-state index in [1.165, 1.54) is 12.2 Å². The van der Waals surface area contributed by atoms with Crippen LogP contribution in [0.2, 0.25) is 0 Å². The number of ketones is 1. The Morgan fingerprint density at radius 3 is 1.69 bits per heavy atom. The SMILES string of the molecule is COc1ccccc1C[C@@H]1OC2(C=CC(=O)C=C2)O[C@H]1Cc1ccccc1OC. The van der Waals surface area contributed by atoms with Gasteiger partial charge in [-0.25, -0.2) is 0 Å². The average molecular weight is 392 g/mol. The summed E-state index contributed by atoms with van der Waals surface area (Å²) in [6, 6.07) is 15.8. The molecule has 0 saturated carbocycles. The summed E-state index contributed by atoms with van der Waals surface area (Å²) >= 11 is 0. The lowest BCUT2D eigenvalue weighted by Gasteiger charge is -2.22. The zero-order valence-electron chi connectivity index (χ0n) is 16.5. The number of rotatable bonds is 6. The summed E-state index contributed by atoms with van der Waals surface area (Å²) in [5.41, 5.74) is 2.09. The normalized spacial score (nSPS) is 22.2. The minimum absolute atomic E-state index is 0.0720. The zero-order valence-corrected chi connectivity index (χ0v) is 16.5. The van der Waals surface area contributed by atoms with E-state index in [1.54, 1.807) is 26.4 Å². The van der Waals surface area contributed by atoms with Crippen LogP contribution in [-0.4, -0.2) is 38.0 Å². The summed E-state index contributed by atoms with van der Waals surface area (Å²) in [7, 11) is 3.33. The van der Waals surface area contributed by atoms with Crippen molar-refractivity contribution in [2.24, 2.45) is 0 Å². The second kappa shape index (κ2) is 8.23. The van der Waals surface area contributed by atoms with Crippen molar-refractivity contribution >= 4 is 5.78 Å². The van der Waals surface area contributed by atoms with E-state index >= 15 is 0 Å². The Hall–Kier alpha value is -2.89. The van der Waals surface area contributed by atoms with Crippen LogP contribution in [0.15, 0.2) is 72.8 Å². The van der Waals surface area contributed by atoms with Crippen molar-refractivity contribution in [2.75, 3.05) is 14.2 Å². The van der Waals surface area contributed by atoms with Crippen LogP contribution in [0.1, 0.15) is 11.1 Å². The van der Waals surface area contributed by atoms with Gasteiger partial charge in [-0.05, 0) is 47.6 Å². The Balaban J connectivity index is 1.63. The number of hydrogen-bond donors (Lipinski definition) is 0. The van der Waals surface area contributed by atoms with Crippen molar-refractivity contribution in [1.29, 1.82) is 0 Å². The largest absolute Gasteiger partial charge is 0.496 e. The highest BCUT2D eigenvalue weighted by molar-refractivity contribution is 6.00. The monoisotopic (exact) mass is 392 g/mol. The standard InChI is InChI=1S/C24H24O5/c1-26-20-9-5-3-7-17(20)15-22-23(16-18-8-4-6-10-21(18)27-2)29-24(28-22)13-11-19(25)12-14-24/h3-14,22-23H,15-16H2,1-2H3/t22-,23-/m0/s1. The Labute approximate surface area is 170 Å². The van der Waals surface area contributed by atoms with Gasteiger partial charge in [0.2, 0.25) is 5.79 Å². The highest BCUT2D eigenvalue weighted by Crippen LogP contribution is 2.38. The predicted molar refractivity (Wildman–Crippen MR) is 109 cm³/mol. The van der Waals surface area contributed by atoms with E-state index < -0.39 is 5.79 Å².